The van der Waals surface area contributed by atoms with Crippen molar-refractivity contribution >= 4 is 123 Å². The number of likely N-dealkylation sites (N-methyl/N-ethyl adjacent to an activating group) is 3. The number of unbranched alkanes of at least 4 members (excludes halogenated alkanes) is 1. The Morgan fingerprint density at radius 2 is 1.04 bits per heavy atom. The van der Waals surface area contributed by atoms with Gasteiger partial charge in [0.25, 0.3) is 0 Å². The van der Waals surface area contributed by atoms with E-state index in [0.29, 0.717) is 64.3 Å². The zero-order chi connectivity index (χ0) is 98.8. The molecule has 0 bridgehead atoms. The van der Waals surface area contributed by atoms with Gasteiger partial charge in [-0.25, -0.2) is 17.6 Å². The minimum absolute atomic E-state index is 0.0527. The molecule has 6 aromatic rings. The SMILES string of the molecule is CCCC[C@H]1C(=O)N2CCC[C@@H]2C(=O)N[C@@H](CC(N)=O)C(=O)N[C@@H](C(C)C)C(=O)N(C)[C@@H](Cc2ccccc2)C(=O)N[C@@H](CCC(=O)O)C(=O)N2CCCC[C@@H]2C(=O)N[C@@H](Cc2c[nH]c3ccccc23)C(=O)N[C@@H](Cc2ccc(O)cc2)C(=O)N[C@@H](CC(C)C)C(=O)N[C@H](C(=O)NCC(N)=O)CSCC(=O)N[C@@H](Cc2cc(F)c(F)c(F)c2)C(=O)N(C)[C@@H](Cc2ccc(F)cc2)C(=O)N1C. The van der Waals surface area contributed by atoms with Crippen LogP contribution in [0.2, 0.25) is 0 Å². The third-order valence-electron chi connectivity index (χ3n) is 24.0. The van der Waals surface area contributed by atoms with Crippen molar-refractivity contribution in [2.75, 3.05) is 52.3 Å². The topological polar surface area (TPSA) is 523 Å². The van der Waals surface area contributed by atoms with Crippen molar-refractivity contribution < 1.29 is 109 Å². The van der Waals surface area contributed by atoms with Crippen molar-refractivity contribution in [2.24, 2.45) is 23.3 Å². The molecule has 3 aliphatic heterocycles. The Labute approximate surface area is 782 Å². The van der Waals surface area contributed by atoms with Crippen molar-refractivity contribution in [2.45, 2.75) is 222 Å². The summed E-state index contributed by atoms with van der Waals surface area (Å²) in [6.45, 7) is 7.18. The number of nitrogens with two attached hydrogens (primary N) is 2. The van der Waals surface area contributed by atoms with Gasteiger partial charge in [0.05, 0.1) is 18.7 Å². The summed E-state index contributed by atoms with van der Waals surface area (Å²) in [5.74, 6) is -26.3. The fourth-order valence-electron chi connectivity index (χ4n) is 16.7. The normalized spacial score (nSPS) is 23.5. The van der Waals surface area contributed by atoms with Crippen LogP contribution >= 0.6 is 11.8 Å². The van der Waals surface area contributed by atoms with Crippen LogP contribution in [0.25, 0.3) is 10.9 Å². The number of primary amides is 2. The number of halogens is 4. The number of piperidine rings is 1. The van der Waals surface area contributed by atoms with E-state index in [1.54, 1.807) is 81.6 Å². The molecular formula is C94H119F4N17O19S. The van der Waals surface area contributed by atoms with Gasteiger partial charge >= 0.3 is 5.97 Å². The molecule has 0 spiro atoms. The Morgan fingerprint density at radius 1 is 0.511 bits per heavy atom. The second-order valence-electron chi connectivity index (χ2n) is 35.0. The summed E-state index contributed by atoms with van der Waals surface area (Å²) >= 11 is 0.644. The molecule has 13 atom stereocenters. The highest BCUT2D eigenvalue weighted by Gasteiger charge is 2.46. The molecule has 3 aliphatic rings. The number of phenolic OH excluding ortho intramolecular Hbond substituents is 1. The number of nitrogens with one attached hydrogen (secondary N) is 10. The third kappa shape index (κ3) is 29.5. The quantitative estimate of drug-likeness (QED) is 0.0306. The van der Waals surface area contributed by atoms with Gasteiger partial charge in [0, 0.05) is 95.6 Å². The van der Waals surface area contributed by atoms with Crippen molar-refractivity contribution in [1.29, 1.82) is 0 Å². The second-order valence-corrected chi connectivity index (χ2v) is 36.0. The number of aromatic hydroxyl groups is 1. The largest absolute Gasteiger partial charge is 0.508 e. The summed E-state index contributed by atoms with van der Waals surface area (Å²) in [5.41, 5.74) is 12.9. The number of phenols is 1. The Balaban J connectivity index is 1.14. The molecule has 4 heterocycles. The number of aliphatic carboxylic acids is 1. The van der Waals surface area contributed by atoms with E-state index in [2.05, 4.69) is 52.8 Å². The average molecular weight is 1900 g/mol. The van der Waals surface area contributed by atoms with Crippen molar-refractivity contribution in [3.8, 4) is 5.75 Å². The molecule has 16 amide bonds. The Kier molecular flexibility index (Phi) is 38.6. The number of hydrogen-bond acceptors (Lipinski definition) is 19. The first-order valence-corrected chi connectivity index (χ1v) is 46.0. The summed E-state index contributed by atoms with van der Waals surface area (Å²) in [6, 6.07) is 5.14. The molecule has 0 radical (unpaired) electrons. The van der Waals surface area contributed by atoms with Gasteiger partial charge in [0.1, 0.15) is 90.1 Å². The van der Waals surface area contributed by atoms with Crippen LogP contribution in [0.15, 0.2) is 121 Å². The van der Waals surface area contributed by atoms with E-state index in [4.69, 9.17) is 11.5 Å². The van der Waals surface area contributed by atoms with Crippen LogP contribution in [0.3, 0.4) is 0 Å². The minimum atomic E-state index is -1.93. The number of aromatic amines is 1. The minimum Gasteiger partial charge on any atom is -0.508 e. The molecule has 3 saturated heterocycles. The average Bonchev–Trinajstić information content (AvgIpc) is 1.76. The smallest absolute Gasteiger partial charge is 0.303 e. The monoisotopic (exact) mass is 1900 g/mol. The number of para-hydroxylation sites is 1. The molecule has 9 rings (SSSR count). The molecule has 36 nitrogen and oxygen atoms in total. The molecule has 728 valence electrons. The highest BCUT2D eigenvalue weighted by molar-refractivity contribution is 8.00. The summed E-state index contributed by atoms with van der Waals surface area (Å²) in [4.78, 5) is 259. The van der Waals surface area contributed by atoms with Gasteiger partial charge < -0.3 is 99.0 Å². The van der Waals surface area contributed by atoms with Crippen LogP contribution in [-0.2, 0) is 114 Å². The van der Waals surface area contributed by atoms with Gasteiger partial charge in [-0.15, -0.1) is 11.8 Å². The molecule has 0 unspecified atom stereocenters. The van der Waals surface area contributed by atoms with E-state index < -0.39 is 270 Å². The molecule has 3 fully saturated rings. The van der Waals surface area contributed by atoms with Gasteiger partial charge in [-0.2, -0.15) is 0 Å². The second kappa shape index (κ2) is 49.5. The van der Waals surface area contributed by atoms with Crippen molar-refractivity contribution in [3.05, 3.63) is 173 Å². The molecule has 0 aliphatic carbocycles. The lowest BCUT2D eigenvalue weighted by Gasteiger charge is -2.38. The first-order valence-electron chi connectivity index (χ1n) is 44.8. The van der Waals surface area contributed by atoms with E-state index >= 15 is 56.7 Å². The van der Waals surface area contributed by atoms with E-state index in [1.807, 2.05) is 0 Å². The van der Waals surface area contributed by atoms with E-state index in [0.717, 1.165) is 43.7 Å². The molecule has 135 heavy (non-hydrogen) atoms. The molecule has 41 heteroatoms. The zero-order valence-electron chi connectivity index (χ0n) is 76.4. The Morgan fingerprint density at radius 3 is 1.67 bits per heavy atom. The van der Waals surface area contributed by atoms with Crippen LogP contribution in [-0.4, -0.2) is 271 Å². The highest BCUT2D eigenvalue weighted by Crippen LogP contribution is 2.29. The first kappa shape index (κ1) is 105. The fourth-order valence-corrected chi connectivity index (χ4v) is 17.5. The lowest BCUT2D eigenvalue weighted by Crippen LogP contribution is -2.63. The fraction of sp³-hybridized carbons (Fsp3) is 0.479. The summed E-state index contributed by atoms with van der Waals surface area (Å²) < 4.78 is 59.8. The van der Waals surface area contributed by atoms with Gasteiger partial charge in [-0.3, -0.25) is 81.5 Å². The summed E-state index contributed by atoms with van der Waals surface area (Å²) in [6.07, 6.45) is -1.75. The number of carboxylic acids is 1. The number of carbonyl (C=O) groups excluding carboxylic acids is 16. The van der Waals surface area contributed by atoms with E-state index in [-0.39, 0.29) is 88.6 Å². The maximum Gasteiger partial charge on any atom is 0.303 e. The Hall–Kier alpha value is -13.5. The zero-order valence-corrected chi connectivity index (χ0v) is 77.2. The van der Waals surface area contributed by atoms with E-state index in [1.165, 1.54) is 64.3 Å². The molecule has 1 aromatic heterocycles. The van der Waals surface area contributed by atoms with E-state index in [9.17, 15) is 52.6 Å². The summed E-state index contributed by atoms with van der Waals surface area (Å²) in [7, 11) is 3.61. The van der Waals surface area contributed by atoms with Crippen molar-refractivity contribution in [1.82, 2.24) is 77.3 Å². The van der Waals surface area contributed by atoms with Gasteiger partial charge in [0.2, 0.25) is 94.5 Å². The first-order chi connectivity index (χ1) is 64.1. The molecule has 0 saturated carbocycles. The lowest BCUT2D eigenvalue weighted by molar-refractivity contribution is -0.152. The number of amides is 16. The summed E-state index contributed by atoms with van der Waals surface area (Å²) in [5, 5.41) is 44.7. The van der Waals surface area contributed by atoms with Gasteiger partial charge in [-0.05, 0) is 133 Å². The Bertz CT molecular complexity index is 5270. The number of nitrogens with zero attached hydrogens (tertiary/aromatic N) is 5. The number of benzene rings is 5. The number of thioether (sulfide) groups is 1. The number of hydrogen-bond donors (Lipinski definition) is 14. The number of carboxylic acid groups (broad SMARTS) is 1. The molecule has 16 N–H and O–H groups in total. The third-order valence-corrected chi connectivity index (χ3v) is 25.0. The molecular weight excluding hydrogens is 1780 g/mol. The maximum atomic E-state index is 15.7. The van der Waals surface area contributed by atoms with Crippen LogP contribution in [0.4, 0.5) is 17.6 Å². The van der Waals surface area contributed by atoms with Crippen LogP contribution in [0, 0.1) is 35.1 Å². The maximum absolute atomic E-state index is 15.7. The lowest BCUT2D eigenvalue weighted by atomic mass is 9.97. The number of rotatable bonds is 24. The molecule has 5 aromatic carbocycles. The van der Waals surface area contributed by atoms with Gasteiger partial charge in [0.15, 0.2) is 17.5 Å². The predicted octanol–water partition coefficient (Wildman–Crippen LogP) is 2.66. The van der Waals surface area contributed by atoms with Crippen LogP contribution in [0.5, 0.6) is 5.75 Å². The highest BCUT2D eigenvalue weighted by atomic mass is 32.2. The standard InChI is InChI=1S/C94H119F4N17O19S/c1-9-10-23-73-93(133)115-37-18-25-72(115)88(128)108-68(46-76(99)117)86(126)110-81(52(4)5)94(134)112(7)74(43-53-19-12-11-13-20-53)89(129)104-64(34-35-79(120)121)91(131)114-36-17-16-24-71(114)87(127)107-67(45-57-47-101-63-22-15-14-21-60(57)63)85(125)106-66(41-54-28-32-59(116)33-29-54)84(124)105-65(38-51(2)3)83(123)109-70(82(122)102-48-77(100)118)49-135-50-78(119)103-69(42-56-39-61(96)80(98)62(97)40-56)90(130)113(8)75(92(132)111(73)6)44-55-26-30-58(95)31-27-55/h11-15,19-22,26-33,39-40,47,51-52,64-75,81,101,116H,9-10,16-18,23-25,34-38,41-46,48-50H2,1-8H3,(H2,99,117)(H2,100,118)(H,102,122)(H,103,119)(H,104,129)(H,105,124)(H,106,125)(H,107,127)(H,108,128)(H,109,123)(H,110,126)(H,120,121)/t64-,65-,66-,67-,68-,69-,70-,71+,72+,73-,74-,75-,81-/m0/s1. The predicted molar refractivity (Wildman–Crippen MR) is 487 cm³/mol. The van der Waals surface area contributed by atoms with Crippen LogP contribution < -0.4 is 59.3 Å². The van der Waals surface area contributed by atoms with Gasteiger partial charge in [-0.1, -0.05) is 120 Å². The number of H-pyrrole nitrogens is 1. The van der Waals surface area contributed by atoms with Crippen molar-refractivity contribution in [3.63, 3.8) is 0 Å². The van der Waals surface area contributed by atoms with Crippen LogP contribution in [0.1, 0.15) is 139 Å². The number of fused-ring (bicyclic) bond motifs is 3. The number of carbonyl (C=O) groups is 17. The number of aromatic nitrogens is 1.